The molecule has 2 fully saturated rings. The fraction of sp³-hybridized carbons (Fsp3) is 0.531. The molecular formula is C32H41ClN4O4S. The average Bonchev–Trinajstić information content (AvgIpc) is 3.31. The van der Waals surface area contributed by atoms with Crippen molar-refractivity contribution in [1.29, 1.82) is 0 Å². The van der Waals surface area contributed by atoms with E-state index < -0.39 is 15.9 Å². The van der Waals surface area contributed by atoms with E-state index in [1.165, 1.54) is 67.8 Å². The molecule has 5 rings (SSSR count). The summed E-state index contributed by atoms with van der Waals surface area (Å²) in [5.74, 6) is 0.839. The van der Waals surface area contributed by atoms with Crippen LogP contribution in [0.4, 0.5) is 0 Å². The maximum atomic E-state index is 12.9. The third-order valence-electron chi connectivity index (χ3n) is 8.80. The molecule has 226 valence electrons. The lowest BCUT2D eigenvalue weighted by molar-refractivity contribution is 0.0981. The molecule has 1 N–H and O–H groups in total. The minimum absolute atomic E-state index is 0.0215. The lowest BCUT2D eigenvalue weighted by Gasteiger charge is -2.17. The number of rotatable bonds is 13. The van der Waals surface area contributed by atoms with E-state index in [0.717, 1.165) is 30.7 Å². The maximum absolute atomic E-state index is 12.9. The van der Waals surface area contributed by atoms with Gasteiger partial charge in [-0.25, -0.2) is 22.8 Å². The number of carbonyl (C=O) groups is 1. The highest BCUT2D eigenvalue weighted by atomic mass is 35.5. The number of hydrogen-bond acceptors (Lipinski definition) is 6. The fourth-order valence-electron chi connectivity index (χ4n) is 5.76. The Bertz CT molecular complexity index is 1510. The highest BCUT2D eigenvalue weighted by Crippen LogP contribution is 2.48. The van der Waals surface area contributed by atoms with Crippen LogP contribution in [0.3, 0.4) is 0 Å². The van der Waals surface area contributed by atoms with Gasteiger partial charge in [0.05, 0.1) is 17.1 Å². The summed E-state index contributed by atoms with van der Waals surface area (Å²) in [5.41, 5.74) is 1.92. The molecule has 1 unspecified atom stereocenters. The van der Waals surface area contributed by atoms with Gasteiger partial charge in [0.15, 0.2) is 5.82 Å². The topological polar surface area (TPSA) is 103 Å². The number of nitrogens with one attached hydrogen (secondary N) is 1. The van der Waals surface area contributed by atoms with Crippen molar-refractivity contribution in [2.24, 2.45) is 16.7 Å². The van der Waals surface area contributed by atoms with Crippen molar-refractivity contribution >= 4 is 27.5 Å². The summed E-state index contributed by atoms with van der Waals surface area (Å²) in [6.07, 6.45) is 13.5. The Labute approximate surface area is 254 Å². The van der Waals surface area contributed by atoms with Gasteiger partial charge in [-0.2, -0.15) is 0 Å². The highest BCUT2D eigenvalue weighted by molar-refractivity contribution is 7.90. The van der Waals surface area contributed by atoms with E-state index >= 15 is 0 Å². The number of aryl methyl sites for hydroxylation is 1. The Morgan fingerprint density at radius 2 is 1.83 bits per heavy atom. The lowest BCUT2D eigenvalue weighted by atomic mass is 9.89. The zero-order valence-electron chi connectivity index (χ0n) is 24.7. The van der Waals surface area contributed by atoms with Crippen molar-refractivity contribution < 1.29 is 17.9 Å². The van der Waals surface area contributed by atoms with Gasteiger partial charge in [0.25, 0.3) is 15.9 Å². The van der Waals surface area contributed by atoms with Gasteiger partial charge in [-0.3, -0.25) is 4.79 Å². The molecule has 2 aromatic heterocycles. The average molecular weight is 613 g/mol. The summed E-state index contributed by atoms with van der Waals surface area (Å²) in [6.45, 7) is 7.56. The summed E-state index contributed by atoms with van der Waals surface area (Å²) < 4.78 is 35.2. The van der Waals surface area contributed by atoms with Crippen molar-refractivity contribution in [2.75, 3.05) is 6.61 Å². The number of unbranched alkanes of at least 4 members (excludes halogenated alkanes) is 1. The second kappa shape index (κ2) is 12.4. The predicted molar refractivity (Wildman–Crippen MR) is 164 cm³/mol. The molecule has 10 heteroatoms. The summed E-state index contributed by atoms with van der Waals surface area (Å²) in [5, 5.41) is 4.24. The first-order valence-electron chi connectivity index (χ1n) is 14.9. The van der Waals surface area contributed by atoms with Crippen LogP contribution in [0.5, 0.6) is 5.88 Å². The van der Waals surface area contributed by atoms with Gasteiger partial charge < -0.3 is 4.74 Å². The predicted octanol–water partition coefficient (Wildman–Crippen LogP) is 7.15. The van der Waals surface area contributed by atoms with Crippen molar-refractivity contribution in [2.45, 2.75) is 89.9 Å². The van der Waals surface area contributed by atoms with Crippen LogP contribution in [0.15, 0.2) is 53.6 Å². The molecule has 1 amide bonds. The first-order chi connectivity index (χ1) is 19.9. The third-order valence-corrected chi connectivity index (χ3v) is 10.4. The highest BCUT2D eigenvalue weighted by Gasteiger charge is 2.36. The van der Waals surface area contributed by atoms with E-state index in [4.69, 9.17) is 16.3 Å². The minimum atomic E-state index is -4.08. The van der Waals surface area contributed by atoms with Crippen LogP contribution in [-0.4, -0.2) is 35.7 Å². The van der Waals surface area contributed by atoms with Crippen LogP contribution in [0.25, 0.3) is 5.82 Å². The molecule has 1 aromatic carbocycles. The molecule has 0 aliphatic heterocycles. The van der Waals surface area contributed by atoms with Crippen LogP contribution in [0, 0.1) is 16.7 Å². The van der Waals surface area contributed by atoms with E-state index in [9.17, 15) is 13.2 Å². The third kappa shape index (κ3) is 7.92. The number of hydrogen-bond donors (Lipinski definition) is 1. The Balaban J connectivity index is 1.12. The number of sulfonamides is 1. The molecule has 0 bridgehead atoms. The number of halogens is 1. The smallest absolute Gasteiger partial charge is 0.268 e. The molecule has 3 aromatic rings. The second-order valence-corrected chi connectivity index (χ2v) is 15.2. The number of aromatic nitrogens is 3. The van der Waals surface area contributed by atoms with Gasteiger partial charge >= 0.3 is 0 Å². The van der Waals surface area contributed by atoms with E-state index in [1.807, 2.05) is 12.1 Å². The number of ether oxygens (including phenoxy) is 1. The molecule has 2 heterocycles. The van der Waals surface area contributed by atoms with Gasteiger partial charge in [-0.1, -0.05) is 57.3 Å². The lowest BCUT2D eigenvalue weighted by Crippen LogP contribution is -2.31. The zero-order valence-corrected chi connectivity index (χ0v) is 26.3. The molecule has 2 aliphatic carbocycles. The summed E-state index contributed by atoms with van der Waals surface area (Å²) >= 11 is 6.29. The van der Waals surface area contributed by atoms with Crippen LogP contribution < -0.4 is 9.46 Å². The number of benzene rings is 1. The summed E-state index contributed by atoms with van der Waals surface area (Å²) in [4.78, 5) is 17.1. The van der Waals surface area contributed by atoms with Crippen molar-refractivity contribution in [3.8, 4) is 11.7 Å². The van der Waals surface area contributed by atoms with Gasteiger partial charge in [-0.05, 0) is 97.9 Å². The standard InChI is InChI=1S/C32H41ClN4O4S/c1-31(2)16-14-24(22-31)7-5-4-6-23-8-10-25(11-9-23)42(39,40)36-30(38)26-12-13-27(34-29(26)33)37-20-15-28(35-37)41-21-19-32(3)17-18-32/h8-13,15,20,24H,4-7,14,16-19,21-22H2,1-3H3,(H,36,38). The van der Waals surface area contributed by atoms with Gasteiger partial charge in [0, 0.05) is 12.3 Å². The van der Waals surface area contributed by atoms with E-state index in [2.05, 4.69) is 35.6 Å². The summed E-state index contributed by atoms with van der Waals surface area (Å²) in [7, 11) is -4.08. The zero-order chi connectivity index (χ0) is 30.0. The van der Waals surface area contributed by atoms with Crippen LogP contribution in [0.1, 0.15) is 94.5 Å². The minimum Gasteiger partial charge on any atom is -0.477 e. The Hall–Kier alpha value is -2.91. The number of amides is 1. The SMILES string of the molecule is CC1(C)CCC(CCCCc2ccc(S(=O)(=O)NC(=O)c3ccc(-n4ccc(OCCC5(C)CC5)n4)nc3Cl)cc2)C1. The largest absolute Gasteiger partial charge is 0.477 e. The van der Waals surface area contributed by atoms with Gasteiger partial charge in [0.2, 0.25) is 5.88 Å². The molecule has 1 atom stereocenters. The van der Waals surface area contributed by atoms with Crippen molar-refractivity contribution in [3.05, 3.63) is 64.9 Å². The number of nitrogens with zero attached hydrogens (tertiary/aromatic N) is 3. The molecular weight excluding hydrogens is 572 g/mol. The molecule has 0 radical (unpaired) electrons. The quantitative estimate of drug-likeness (QED) is 0.162. The van der Waals surface area contributed by atoms with Crippen LogP contribution in [0.2, 0.25) is 5.15 Å². The van der Waals surface area contributed by atoms with Gasteiger partial charge in [0.1, 0.15) is 5.15 Å². The maximum Gasteiger partial charge on any atom is 0.268 e. The van der Waals surface area contributed by atoms with E-state index in [0.29, 0.717) is 29.1 Å². The first-order valence-corrected chi connectivity index (χ1v) is 16.8. The van der Waals surface area contributed by atoms with E-state index in [-0.39, 0.29) is 15.6 Å². The molecule has 0 saturated heterocycles. The molecule has 42 heavy (non-hydrogen) atoms. The number of carbonyl (C=O) groups excluding carboxylic acids is 1. The second-order valence-electron chi connectivity index (χ2n) is 13.1. The van der Waals surface area contributed by atoms with Crippen LogP contribution in [-0.2, 0) is 16.4 Å². The first kappa shape index (κ1) is 30.5. The van der Waals surface area contributed by atoms with Crippen molar-refractivity contribution in [3.63, 3.8) is 0 Å². The molecule has 2 aliphatic rings. The number of pyridine rings is 1. The van der Waals surface area contributed by atoms with Crippen LogP contribution >= 0.6 is 11.6 Å². The van der Waals surface area contributed by atoms with Crippen molar-refractivity contribution in [1.82, 2.24) is 19.5 Å². The summed E-state index contributed by atoms with van der Waals surface area (Å²) in [6, 6.07) is 11.4. The Morgan fingerprint density at radius 3 is 2.50 bits per heavy atom. The Kier molecular flexibility index (Phi) is 8.99. The molecule has 2 saturated carbocycles. The van der Waals surface area contributed by atoms with E-state index in [1.54, 1.807) is 18.3 Å². The fourth-order valence-corrected chi connectivity index (χ4v) is 6.96. The normalized spacial score (nSPS) is 19.0. The molecule has 0 spiro atoms. The molecule has 8 nitrogen and oxygen atoms in total. The monoisotopic (exact) mass is 612 g/mol. The van der Waals surface area contributed by atoms with Gasteiger partial charge in [-0.15, -0.1) is 5.10 Å². The Morgan fingerprint density at radius 1 is 1.07 bits per heavy atom.